The van der Waals surface area contributed by atoms with Gasteiger partial charge in [-0.25, -0.2) is 4.57 Å². The first kappa shape index (κ1) is 29.0. The molecule has 1 aromatic carbocycles. The van der Waals surface area contributed by atoms with Gasteiger partial charge in [0.25, 0.3) is 0 Å². The second-order valence-corrected chi connectivity index (χ2v) is 8.58. The van der Waals surface area contributed by atoms with Gasteiger partial charge >= 0.3 is 0 Å². The Hall–Kier alpha value is -2.07. The topological polar surface area (TPSA) is 61.9 Å². The Labute approximate surface area is 206 Å². The fourth-order valence-electron chi connectivity index (χ4n) is 3.94. The average molecular weight is 473 g/mol. The van der Waals surface area contributed by atoms with Crippen molar-refractivity contribution in [3.05, 3.63) is 76.4 Å². The van der Waals surface area contributed by atoms with Crippen LogP contribution >= 0.6 is 0 Å². The van der Waals surface area contributed by atoms with Crippen LogP contribution in [0.15, 0.2) is 60.0 Å². The summed E-state index contributed by atoms with van der Waals surface area (Å²) >= 11 is 0. The molecule has 2 aromatic rings. The van der Waals surface area contributed by atoms with E-state index in [1.165, 1.54) is 68.9 Å². The van der Waals surface area contributed by atoms with Gasteiger partial charge < -0.3 is 17.1 Å². The minimum Gasteiger partial charge on any atom is -1.00 e. The Morgan fingerprint density at radius 1 is 0.727 bits per heavy atom. The molecule has 0 aliphatic rings. The molecule has 5 nitrogen and oxygen atoms in total. The van der Waals surface area contributed by atoms with Gasteiger partial charge in [0.05, 0.1) is 0 Å². The largest absolute Gasteiger partial charge is 1.00 e. The van der Waals surface area contributed by atoms with Crippen molar-refractivity contribution in [3.8, 4) is 0 Å². The van der Waals surface area contributed by atoms with Gasteiger partial charge in [-0.3, -0.25) is 0 Å². The summed E-state index contributed by atoms with van der Waals surface area (Å²) in [5.41, 5.74) is 10.9. The Bertz CT molecular complexity index is 766. The van der Waals surface area contributed by atoms with Crippen LogP contribution in [-0.4, -0.2) is 19.8 Å². The molecule has 0 bridgehead atoms. The Morgan fingerprint density at radius 2 is 1.33 bits per heavy atom. The molecule has 0 atom stereocenters. The molecule has 2 rings (SSSR count). The molecule has 1 heterocycles. The summed E-state index contributed by atoms with van der Waals surface area (Å²) in [5, 5.41) is 3.57. The zero-order valence-corrected chi connectivity index (χ0v) is 20.8. The minimum atomic E-state index is 0. The van der Waals surface area contributed by atoms with Crippen molar-refractivity contribution in [1.82, 2.24) is 0 Å². The number of halogens is 1. The van der Waals surface area contributed by atoms with Crippen LogP contribution in [0.4, 0.5) is 0 Å². The van der Waals surface area contributed by atoms with Crippen molar-refractivity contribution in [2.75, 3.05) is 19.8 Å². The lowest BCUT2D eigenvalue weighted by molar-refractivity contribution is -0.688. The summed E-state index contributed by atoms with van der Waals surface area (Å²) in [6.07, 6.45) is 19.2. The highest BCUT2D eigenvalue weighted by Crippen LogP contribution is 2.11. The third-order valence-electron chi connectivity index (χ3n) is 5.74. The number of azide groups is 1. The number of aromatic nitrogens is 1. The van der Waals surface area contributed by atoms with E-state index in [1.54, 1.807) is 0 Å². The maximum absolute atomic E-state index is 8.22. The number of aryl methyl sites for hydroxylation is 1. The van der Waals surface area contributed by atoms with Crippen molar-refractivity contribution in [2.45, 2.75) is 83.6 Å². The van der Waals surface area contributed by atoms with E-state index >= 15 is 0 Å². The Morgan fingerprint density at radius 3 is 2.03 bits per heavy atom. The number of nitrogens with zero attached hydrogens (tertiary/aromatic N) is 4. The molecule has 0 radical (unpaired) electrons. The molecule has 0 fully saturated rings. The number of hydrogen-bond donors (Lipinski definition) is 0. The molecule has 33 heavy (non-hydrogen) atoms. The molecular weight excluding hydrogens is 432 g/mol. The standard InChI is InChI=1S/C27H41N4O.ClH/c28-30-29-20-12-7-5-3-1-2-4-6-8-13-22-32-23-15-19-27-18-14-21-31(25-27)24-26-16-10-9-11-17-26;/h9-11,14,16-18,21,25H,1-8,12-13,15,19-20,22-24H2;1H/q+1;/p-1. The quantitative estimate of drug-likeness (QED) is 0.0993. The van der Waals surface area contributed by atoms with Crippen LogP contribution in [0.5, 0.6) is 0 Å². The van der Waals surface area contributed by atoms with Crippen LogP contribution in [0.25, 0.3) is 10.4 Å². The molecule has 0 aliphatic carbocycles. The van der Waals surface area contributed by atoms with Gasteiger partial charge in [-0.2, -0.15) is 0 Å². The molecule has 0 aliphatic heterocycles. The SMILES string of the molecule is [Cl-].[N-]=[N+]=NCCCCCCCCCCCCOCCCc1ccc[n+](Cc2ccccc2)c1. The fraction of sp³-hybridized carbons (Fsp3) is 0.593. The van der Waals surface area contributed by atoms with E-state index in [2.05, 4.69) is 69.5 Å². The molecule has 0 spiro atoms. The number of ether oxygens (including phenoxy) is 1. The van der Waals surface area contributed by atoms with E-state index in [4.69, 9.17) is 10.3 Å². The number of hydrogen-bond acceptors (Lipinski definition) is 2. The number of benzene rings is 1. The van der Waals surface area contributed by atoms with E-state index < -0.39 is 0 Å². The maximum atomic E-state index is 8.22. The first-order valence-electron chi connectivity index (χ1n) is 12.5. The van der Waals surface area contributed by atoms with Gasteiger partial charge in [0.1, 0.15) is 0 Å². The summed E-state index contributed by atoms with van der Waals surface area (Å²) < 4.78 is 8.11. The second-order valence-electron chi connectivity index (χ2n) is 8.58. The van der Waals surface area contributed by atoms with E-state index in [9.17, 15) is 0 Å². The smallest absolute Gasteiger partial charge is 0.173 e. The van der Waals surface area contributed by atoms with Gasteiger partial charge in [-0.05, 0) is 37.3 Å². The van der Waals surface area contributed by atoms with Crippen molar-refractivity contribution >= 4 is 0 Å². The molecule has 0 saturated carbocycles. The van der Waals surface area contributed by atoms with Crippen molar-refractivity contribution < 1.29 is 21.7 Å². The lowest BCUT2D eigenvalue weighted by Gasteiger charge is -2.05. The molecule has 0 saturated heterocycles. The highest BCUT2D eigenvalue weighted by atomic mass is 35.5. The van der Waals surface area contributed by atoms with Crippen molar-refractivity contribution in [1.29, 1.82) is 0 Å². The molecule has 0 N–H and O–H groups in total. The maximum Gasteiger partial charge on any atom is 0.173 e. The van der Waals surface area contributed by atoms with Gasteiger partial charge in [0.15, 0.2) is 18.9 Å². The highest BCUT2D eigenvalue weighted by Gasteiger charge is 2.04. The number of rotatable bonds is 19. The zero-order chi connectivity index (χ0) is 22.5. The summed E-state index contributed by atoms with van der Waals surface area (Å²) in [6, 6.07) is 15.0. The van der Waals surface area contributed by atoms with E-state index in [-0.39, 0.29) is 12.4 Å². The number of unbranched alkanes of at least 4 members (excludes halogenated alkanes) is 9. The molecule has 0 unspecified atom stereocenters. The molecular formula is C27H41ClN4O. The lowest BCUT2D eigenvalue weighted by atomic mass is 10.1. The molecule has 6 heteroatoms. The summed E-state index contributed by atoms with van der Waals surface area (Å²) in [5.74, 6) is 0. The highest BCUT2D eigenvalue weighted by molar-refractivity contribution is 5.13. The first-order valence-corrected chi connectivity index (χ1v) is 12.5. The Kier molecular flexibility index (Phi) is 18.0. The molecule has 0 amide bonds. The van der Waals surface area contributed by atoms with E-state index in [0.717, 1.165) is 39.0 Å². The summed E-state index contributed by atoms with van der Waals surface area (Å²) in [4.78, 5) is 2.78. The van der Waals surface area contributed by atoms with E-state index in [0.29, 0.717) is 6.54 Å². The lowest BCUT2D eigenvalue weighted by Crippen LogP contribution is -3.00. The van der Waals surface area contributed by atoms with Gasteiger partial charge in [0.2, 0.25) is 0 Å². The summed E-state index contributed by atoms with van der Waals surface area (Å²) in [7, 11) is 0. The van der Waals surface area contributed by atoms with Crippen LogP contribution < -0.4 is 17.0 Å². The van der Waals surface area contributed by atoms with Crippen LogP contribution in [0, 0.1) is 0 Å². The molecule has 1 aromatic heterocycles. The zero-order valence-electron chi connectivity index (χ0n) is 20.1. The number of pyridine rings is 1. The van der Waals surface area contributed by atoms with Gasteiger partial charge in [-0.15, -0.1) is 0 Å². The first-order chi connectivity index (χ1) is 15.9. The van der Waals surface area contributed by atoms with Crippen LogP contribution in [0.1, 0.15) is 81.8 Å². The average Bonchev–Trinajstić information content (AvgIpc) is 2.82. The fourth-order valence-corrected chi connectivity index (χ4v) is 3.94. The van der Waals surface area contributed by atoms with E-state index in [1.807, 2.05) is 0 Å². The van der Waals surface area contributed by atoms with Gasteiger partial charge in [-0.1, -0.05) is 86.8 Å². The molecule has 182 valence electrons. The normalized spacial score (nSPS) is 10.4. The summed E-state index contributed by atoms with van der Waals surface area (Å²) in [6.45, 7) is 3.32. The third kappa shape index (κ3) is 15.4. The predicted octanol–water partition coefficient (Wildman–Crippen LogP) is 4.19. The van der Waals surface area contributed by atoms with Crippen LogP contribution in [0.2, 0.25) is 0 Å². The Balaban J connectivity index is 0.00000544. The minimum absolute atomic E-state index is 0. The van der Waals surface area contributed by atoms with Crippen LogP contribution in [-0.2, 0) is 17.7 Å². The third-order valence-corrected chi connectivity index (χ3v) is 5.74. The monoisotopic (exact) mass is 472 g/mol. The van der Waals surface area contributed by atoms with Crippen molar-refractivity contribution in [3.63, 3.8) is 0 Å². The second kappa shape index (κ2) is 20.5. The van der Waals surface area contributed by atoms with Gasteiger partial charge in [0, 0.05) is 41.9 Å². The van der Waals surface area contributed by atoms with Crippen LogP contribution in [0.3, 0.4) is 0 Å². The predicted molar refractivity (Wildman–Crippen MR) is 132 cm³/mol. The van der Waals surface area contributed by atoms with Crippen molar-refractivity contribution in [2.24, 2.45) is 5.11 Å².